The van der Waals surface area contributed by atoms with Gasteiger partial charge in [0.05, 0.1) is 6.10 Å². The van der Waals surface area contributed by atoms with Crippen molar-refractivity contribution in [3.8, 4) is 0 Å². The fourth-order valence-corrected chi connectivity index (χ4v) is 1.63. The molecule has 0 aromatic carbocycles. The fraction of sp³-hybridized carbons (Fsp3) is 0.875. The van der Waals surface area contributed by atoms with E-state index in [0.29, 0.717) is 0 Å². The molecule has 0 bridgehead atoms. The zero-order valence-electron chi connectivity index (χ0n) is 7.42. The van der Waals surface area contributed by atoms with Crippen molar-refractivity contribution in [2.75, 3.05) is 20.7 Å². The minimum atomic E-state index is -0.512. The Morgan fingerprint density at radius 2 is 2.33 bits per heavy atom. The van der Waals surface area contributed by atoms with Gasteiger partial charge in [0.1, 0.15) is 5.38 Å². The average molecular weight is 192 g/mol. The number of halogens is 1. The topological polar surface area (TPSA) is 29.5 Å². The van der Waals surface area contributed by atoms with E-state index in [1.165, 1.54) is 4.90 Å². The normalized spacial score (nSPS) is 25.4. The second kappa shape index (κ2) is 4.10. The highest BCUT2D eigenvalue weighted by Gasteiger charge is 2.30. The highest BCUT2D eigenvalue weighted by molar-refractivity contribution is 6.31. The molecule has 2 atom stereocenters. The Kier molecular flexibility index (Phi) is 3.35. The first-order valence-corrected chi connectivity index (χ1v) is 4.53. The van der Waals surface area contributed by atoms with Gasteiger partial charge in [-0.15, -0.1) is 11.6 Å². The number of hydrogen-bond acceptors (Lipinski definition) is 2. The summed E-state index contributed by atoms with van der Waals surface area (Å²) in [5, 5.41) is -0.512. The molecule has 0 radical (unpaired) electrons. The molecule has 0 spiro atoms. The van der Waals surface area contributed by atoms with Crippen LogP contribution in [-0.4, -0.2) is 43.0 Å². The van der Waals surface area contributed by atoms with Crippen LogP contribution in [0.4, 0.5) is 0 Å². The van der Waals surface area contributed by atoms with E-state index in [9.17, 15) is 4.79 Å². The van der Waals surface area contributed by atoms with Crippen molar-refractivity contribution in [2.45, 2.75) is 24.3 Å². The Labute approximate surface area is 77.6 Å². The molecule has 1 saturated heterocycles. The van der Waals surface area contributed by atoms with Gasteiger partial charge in [0.15, 0.2) is 0 Å². The third kappa shape index (κ3) is 2.11. The maximum atomic E-state index is 11.3. The lowest BCUT2D eigenvalue weighted by molar-refractivity contribution is -0.130. The molecule has 1 rings (SSSR count). The molecule has 12 heavy (non-hydrogen) atoms. The summed E-state index contributed by atoms with van der Waals surface area (Å²) in [6.07, 6.45) is 1.82. The van der Waals surface area contributed by atoms with Crippen LogP contribution < -0.4 is 0 Å². The molecule has 0 aromatic heterocycles. The highest BCUT2D eigenvalue weighted by atomic mass is 35.5. The number of carbonyl (C=O) groups excluding carboxylic acids is 1. The summed E-state index contributed by atoms with van der Waals surface area (Å²) in [5.74, 6) is -0.0661. The molecule has 1 amide bonds. The Balaban J connectivity index is 2.45. The Hall–Kier alpha value is -0.280. The lowest BCUT2D eigenvalue weighted by atomic mass is 10.1. The molecular weight excluding hydrogens is 178 g/mol. The SMILES string of the molecule is CN(C)C(=O)C(Cl)C1CCCO1. The quantitative estimate of drug-likeness (QED) is 0.606. The van der Waals surface area contributed by atoms with Gasteiger partial charge in [-0.05, 0) is 12.8 Å². The summed E-state index contributed by atoms with van der Waals surface area (Å²) in [7, 11) is 3.40. The molecule has 0 aromatic rings. The fourth-order valence-electron chi connectivity index (χ4n) is 1.24. The molecule has 4 heteroatoms. The van der Waals surface area contributed by atoms with Gasteiger partial charge in [-0.3, -0.25) is 4.79 Å². The maximum Gasteiger partial charge on any atom is 0.242 e. The van der Waals surface area contributed by atoms with Crippen LogP contribution in [0.2, 0.25) is 0 Å². The third-order valence-corrected chi connectivity index (χ3v) is 2.44. The molecular formula is C8H14ClNO2. The Morgan fingerprint density at radius 3 is 2.75 bits per heavy atom. The van der Waals surface area contributed by atoms with E-state index in [4.69, 9.17) is 16.3 Å². The van der Waals surface area contributed by atoms with Gasteiger partial charge in [-0.1, -0.05) is 0 Å². The first-order chi connectivity index (χ1) is 5.63. The Bertz CT molecular complexity index is 166. The first kappa shape index (κ1) is 9.81. The predicted octanol–water partition coefficient (Wildman–Crippen LogP) is 0.861. The summed E-state index contributed by atoms with van der Waals surface area (Å²) in [6, 6.07) is 0. The largest absolute Gasteiger partial charge is 0.376 e. The van der Waals surface area contributed by atoms with Crippen molar-refractivity contribution in [2.24, 2.45) is 0 Å². The summed E-state index contributed by atoms with van der Waals surface area (Å²) in [6.45, 7) is 0.731. The van der Waals surface area contributed by atoms with E-state index < -0.39 is 5.38 Å². The Morgan fingerprint density at radius 1 is 1.67 bits per heavy atom. The molecule has 0 saturated carbocycles. The summed E-state index contributed by atoms with van der Waals surface area (Å²) in [5.41, 5.74) is 0. The van der Waals surface area contributed by atoms with Crippen LogP contribution in [0.15, 0.2) is 0 Å². The predicted molar refractivity (Wildman–Crippen MR) is 47.3 cm³/mol. The number of amides is 1. The molecule has 3 nitrogen and oxygen atoms in total. The number of carbonyl (C=O) groups is 1. The first-order valence-electron chi connectivity index (χ1n) is 4.10. The van der Waals surface area contributed by atoms with Crippen LogP contribution in [-0.2, 0) is 9.53 Å². The van der Waals surface area contributed by atoms with E-state index in [2.05, 4.69) is 0 Å². The minimum absolute atomic E-state index is 0.0661. The van der Waals surface area contributed by atoms with Crippen molar-refractivity contribution in [3.63, 3.8) is 0 Å². The van der Waals surface area contributed by atoms with Crippen LogP contribution >= 0.6 is 11.6 Å². The van der Waals surface area contributed by atoms with Crippen LogP contribution in [0.25, 0.3) is 0 Å². The lowest BCUT2D eigenvalue weighted by Gasteiger charge is -2.19. The van der Waals surface area contributed by atoms with Gasteiger partial charge < -0.3 is 9.64 Å². The van der Waals surface area contributed by atoms with Gasteiger partial charge in [-0.25, -0.2) is 0 Å². The maximum absolute atomic E-state index is 11.3. The number of hydrogen-bond donors (Lipinski definition) is 0. The second-order valence-corrected chi connectivity index (χ2v) is 3.66. The van der Waals surface area contributed by atoms with Crippen LogP contribution in [0.1, 0.15) is 12.8 Å². The van der Waals surface area contributed by atoms with E-state index in [1.54, 1.807) is 14.1 Å². The third-order valence-electron chi connectivity index (χ3n) is 1.97. The van der Waals surface area contributed by atoms with Crippen molar-refractivity contribution in [1.82, 2.24) is 4.90 Å². The molecule has 1 fully saturated rings. The number of rotatable bonds is 2. The lowest BCUT2D eigenvalue weighted by Crippen LogP contribution is -2.37. The van der Waals surface area contributed by atoms with Gasteiger partial charge in [0.2, 0.25) is 5.91 Å². The van der Waals surface area contributed by atoms with Crippen molar-refractivity contribution in [3.05, 3.63) is 0 Å². The van der Waals surface area contributed by atoms with E-state index in [1.807, 2.05) is 0 Å². The van der Waals surface area contributed by atoms with E-state index in [0.717, 1.165) is 19.4 Å². The average Bonchev–Trinajstić information content (AvgIpc) is 2.53. The number of alkyl halides is 1. The molecule has 70 valence electrons. The smallest absolute Gasteiger partial charge is 0.242 e. The van der Waals surface area contributed by atoms with Crippen molar-refractivity contribution >= 4 is 17.5 Å². The minimum Gasteiger partial charge on any atom is -0.376 e. The summed E-state index contributed by atoms with van der Waals surface area (Å²) in [4.78, 5) is 12.8. The van der Waals surface area contributed by atoms with E-state index in [-0.39, 0.29) is 12.0 Å². The monoisotopic (exact) mass is 191 g/mol. The van der Waals surface area contributed by atoms with Crippen LogP contribution in [0.3, 0.4) is 0 Å². The zero-order chi connectivity index (χ0) is 9.14. The molecule has 2 unspecified atom stereocenters. The summed E-state index contributed by atoms with van der Waals surface area (Å²) >= 11 is 5.92. The van der Waals surface area contributed by atoms with Crippen LogP contribution in [0.5, 0.6) is 0 Å². The highest BCUT2D eigenvalue weighted by Crippen LogP contribution is 2.20. The molecule has 0 aliphatic carbocycles. The number of nitrogens with zero attached hydrogens (tertiary/aromatic N) is 1. The standard InChI is InChI=1S/C8H14ClNO2/c1-10(2)8(11)7(9)6-4-3-5-12-6/h6-7H,3-5H2,1-2H3. The van der Waals surface area contributed by atoms with E-state index >= 15 is 0 Å². The molecule has 1 aliphatic rings. The van der Waals surface area contributed by atoms with Crippen molar-refractivity contribution < 1.29 is 9.53 Å². The van der Waals surface area contributed by atoms with Crippen LogP contribution in [0, 0.1) is 0 Å². The molecule has 1 heterocycles. The van der Waals surface area contributed by atoms with Gasteiger partial charge >= 0.3 is 0 Å². The van der Waals surface area contributed by atoms with Gasteiger partial charge in [0.25, 0.3) is 0 Å². The van der Waals surface area contributed by atoms with Crippen molar-refractivity contribution in [1.29, 1.82) is 0 Å². The van der Waals surface area contributed by atoms with Gasteiger partial charge in [-0.2, -0.15) is 0 Å². The summed E-state index contributed by atoms with van der Waals surface area (Å²) < 4.78 is 5.31. The number of ether oxygens (including phenoxy) is 1. The molecule has 0 N–H and O–H groups in total. The molecule has 1 aliphatic heterocycles. The zero-order valence-corrected chi connectivity index (χ0v) is 8.17. The second-order valence-electron chi connectivity index (χ2n) is 3.19. The van der Waals surface area contributed by atoms with Gasteiger partial charge in [0, 0.05) is 20.7 Å².